The fourth-order valence-corrected chi connectivity index (χ4v) is 3.23. The highest BCUT2D eigenvalue weighted by atomic mass is 79.9. The number of hydrogen-bond acceptors (Lipinski definition) is 2. The van der Waals surface area contributed by atoms with Crippen molar-refractivity contribution >= 4 is 38.6 Å². The fourth-order valence-electron chi connectivity index (χ4n) is 2.53. The van der Waals surface area contributed by atoms with Crippen LogP contribution in [0.5, 0.6) is 11.5 Å². The van der Waals surface area contributed by atoms with Crippen LogP contribution in [0.25, 0.3) is 22.4 Å². The second kappa shape index (κ2) is 6.30. The third-order valence-corrected chi connectivity index (χ3v) is 4.61. The molecule has 0 aliphatic rings. The van der Waals surface area contributed by atoms with Gasteiger partial charge in [0.25, 0.3) is 0 Å². The van der Waals surface area contributed by atoms with Gasteiger partial charge in [-0.25, -0.2) is 4.98 Å². The Morgan fingerprint density at radius 2 is 1.67 bits per heavy atom. The monoisotopic (exact) mass is 398 g/mol. The standard InChI is InChI=1S/C19H12BrClN2O/c20-13-10-11-14(21)18(24-12-6-2-1-3-7-12)17(13)19-22-15-8-4-5-9-16(15)23-19/h1-11H,(H,22,23). The van der Waals surface area contributed by atoms with Crippen molar-refractivity contribution in [2.24, 2.45) is 0 Å². The van der Waals surface area contributed by atoms with Crippen molar-refractivity contribution < 1.29 is 4.74 Å². The minimum atomic E-state index is 0.525. The number of H-pyrrole nitrogens is 1. The zero-order chi connectivity index (χ0) is 16.5. The fraction of sp³-hybridized carbons (Fsp3) is 0. The molecule has 0 spiro atoms. The highest BCUT2D eigenvalue weighted by molar-refractivity contribution is 9.10. The highest BCUT2D eigenvalue weighted by Crippen LogP contribution is 2.43. The van der Waals surface area contributed by atoms with E-state index in [1.807, 2.05) is 60.7 Å². The van der Waals surface area contributed by atoms with Crippen LogP contribution < -0.4 is 4.74 Å². The number of aromatic nitrogens is 2. The first-order chi connectivity index (χ1) is 11.7. The molecule has 0 saturated carbocycles. The van der Waals surface area contributed by atoms with E-state index in [0.29, 0.717) is 16.6 Å². The van der Waals surface area contributed by atoms with Crippen LogP contribution in [0.3, 0.4) is 0 Å². The van der Waals surface area contributed by atoms with Crippen LogP contribution in [0.1, 0.15) is 0 Å². The van der Waals surface area contributed by atoms with Crippen LogP contribution in [0.4, 0.5) is 0 Å². The van der Waals surface area contributed by atoms with Gasteiger partial charge in [0.1, 0.15) is 11.6 Å². The maximum Gasteiger partial charge on any atom is 0.158 e. The summed E-state index contributed by atoms with van der Waals surface area (Å²) in [5.74, 6) is 1.99. The van der Waals surface area contributed by atoms with Gasteiger partial charge in [-0.3, -0.25) is 0 Å². The van der Waals surface area contributed by atoms with Crippen LogP contribution in [-0.4, -0.2) is 9.97 Å². The van der Waals surface area contributed by atoms with Crippen molar-refractivity contribution in [1.29, 1.82) is 0 Å². The topological polar surface area (TPSA) is 37.9 Å². The number of fused-ring (bicyclic) bond motifs is 1. The van der Waals surface area contributed by atoms with Gasteiger partial charge in [-0.2, -0.15) is 0 Å². The molecule has 5 heteroatoms. The number of nitrogens with zero attached hydrogens (tertiary/aromatic N) is 1. The number of rotatable bonds is 3. The van der Waals surface area contributed by atoms with Crippen molar-refractivity contribution in [3.8, 4) is 22.9 Å². The molecule has 0 amide bonds. The first-order valence-corrected chi connectivity index (χ1v) is 8.55. The van der Waals surface area contributed by atoms with Gasteiger partial charge in [0.05, 0.1) is 21.6 Å². The molecule has 3 aromatic carbocycles. The van der Waals surface area contributed by atoms with Crippen molar-refractivity contribution in [1.82, 2.24) is 9.97 Å². The number of ether oxygens (including phenoxy) is 1. The van der Waals surface area contributed by atoms with Gasteiger partial charge in [0.2, 0.25) is 0 Å². The van der Waals surface area contributed by atoms with Crippen LogP contribution in [0.15, 0.2) is 71.2 Å². The molecular formula is C19H12BrClN2O. The quantitative estimate of drug-likeness (QED) is 0.430. The summed E-state index contributed by atoms with van der Waals surface area (Å²) in [6, 6.07) is 21.1. The van der Waals surface area contributed by atoms with Crippen LogP contribution in [0, 0.1) is 0 Å². The number of nitrogens with one attached hydrogen (secondary N) is 1. The zero-order valence-corrected chi connectivity index (χ0v) is 14.8. The molecule has 0 radical (unpaired) electrons. The second-order valence-electron chi connectivity index (χ2n) is 5.25. The number of hydrogen-bond donors (Lipinski definition) is 1. The van der Waals surface area contributed by atoms with E-state index in [-0.39, 0.29) is 0 Å². The number of halogens is 2. The highest BCUT2D eigenvalue weighted by Gasteiger charge is 2.18. The SMILES string of the molecule is Clc1ccc(Br)c(-c2nc3ccccc3[nH]2)c1Oc1ccccc1. The minimum Gasteiger partial charge on any atom is -0.455 e. The molecule has 0 fully saturated rings. The summed E-state index contributed by atoms with van der Waals surface area (Å²) in [7, 11) is 0. The lowest BCUT2D eigenvalue weighted by molar-refractivity contribution is 0.484. The van der Waals surface area contributed by atoms with Crippen molar-refractivity contribution in [2.75, 3.05) is 0 Å². The van der Waals surface area contributed by atoms with E-state index < -0.39 is 0 Å². The van der Waals surface area contributed by atoms with Gasteiger partial charge in [-0.15, -0.1) is 0 Å². The van der Waals surface area contributed by atoms with E-state index in [1.165, 1.54) is 0 Å². The molecule has 0 aliphatic heterocycles. The third kappa shape index (κ3) is 2.79. The van der Waals surface area contributed by atoms with Gasteiger partial charge in [0.15, 0.2) is 5.75 Å². The lowest BCUT2D eigenvalue weighted by atomic mass is 10.2. The first-order valence-electron chi connectivity index (χ1n) is 7.38. The molecule has 0 atom stereocenters. The molecule has 0 unspecified atom stereocenters. The van der Waals surface area contributed by atoms with E-state index in [1.54, 1.807) is 6.07 Å². The van der Waals surface area contributed by atoms with Crippen molar-refractivity contribution in [3.63, 3.8) is 0 Å². The van der Waals surface area contributed by atoms with Gasteiger partial charge >= 0.3 is 0 Å². The average molecular weight is 400 g/mol. The summed E-state index contributed by atoms with van der Waals surface area (Å²) in [6.07, 6.45) is 0. The molecule has 4 aromatic rings. The predicted octanol–water partition coefficient (Wildman–Crippen LogP) is 6.44. The molecule has 1 aromatic heterocycles. The Morgan fingerprint density at radius 1 is 0.917 bits per heavy atom. The Balaban J connectivity index is 1.89. The van der Waals surface area contributed by atoms with Gasteiger partial charge in [-0.05, 0) is 52.3 Å². The van der Waals surface area contributed by atoms with E-state index in [2.05, 4.69) is 25.9 Å². The Hall–Kier alpha value is -2.30. The third-order valence-electron chi connectivity index (χ3n) is 3.65. The van der Waals surface area contributed by atoms with Gasteiger partial charge < -0.3 is 9.72 Å². The Morgan fingerprint density at radius 3 is 2.46 bits per heavy atom. The van der Waals surface area contributed by atoms with E-state index in [4.69, 9.17) is 16.3 Å². The molecule has 0 saturated heterocycles. The molecule has 1 heterocycles. The molecule has 0 bridgehead atoms. The first kappa shape index (κ1) is 15.2. The minimum absolute atomic E-state index is 0.525. The summed E-state index contributed by atoms with van der Waals surface area (Å²) in [5, 5.41) is 0.525. The summed E-state index contributed by atoms with van der Waals surface area (Å²) < 4.78 is 6.91. The second-order valence-corrected chi connectivity index (χ2v) is 6.51. The number of aromatic amines is 1. The largest absolute Gasteiger partial charge is 0.455 e. The Kier molecular flexibility index (Phi) is 4.00. The van der Waals surface area contributed by atoms with Crippen LogP contribution in [0.2, 0.25) is 5.02 Å². The molecule has 3 nitrogen and oxygen atoms in total. The lowest BCUT2D eigenvalue weighted by Gasteiger charge is -2.13. The summed E-state index contributed by atoms with van der Waals surface area (Å²) in [4.78, 5) is 7.99. The smallest absolute Gasteiger partial charge is 0.158 e. The molecule has 0 aliphatic carbocycles. The Bertz CT molecular complexity index is 981. The molecular weight excluding hydrogens is 388 g/mol. The van der Waals surface area contributed by atoms with Crippen LogP contribution >= 0.6 is 27.5 Å². The maximum atomic E-state index is 6.41. The molecule has 1 N–H and O–H groups in total. The van der Waals surface area contributed by atoms with Crippen molar-refractivity contribution in [2.45, 2.75) is 0 Å². The molecule has 24 heavy (non-hydrogen) atoms. The zero-order valence-electron chi connectivity index (χ0n) is 12.5. The van der Waals surface area contributed by atoms with E-state index in [9.17, 15) is 0 Å². The molecule has 118 valence electrons. The van der Waals surface area contributed by atoms with Crippen molar-refractivity contribution in [3.05, 3.63) is 76.2 Å². The van der Waals surface area contributed by atoms with Gasteiger partial charge in [0, 0.05) is 4.47 Å². The predicted molar refractivity (Wildman–Crippen MR) is 101 cm³/mol. The average Bonchev–Trinajstić information content (AvgIpc) is 3.03. The van der Waals surface area contributed by atoms with E-state index >= 15 is 0 Å². The van der Waals surface area contributed by atoms with E-state index in [0.717, 1.165) is 26.8 Å². The number of para-hydroxylation sites is 3. The lowest BCUT2D eigenvalue weighted by Crippen LogP contribution is -1.92. The summed E-state index contributed by atoms with van der Waals surface area (Å²) >= 11 is 10.0. The Labute approximate surface area is 152 Å². The van der Waals surface area contributed by atoms with Crippen LogP contribution in [-0.2, 0) is 0 Å². The summed E-state index contributed by atoms with van der Waals surface area (Å²) in [6.45, 7) is 0. The molecule has 4 rings (SSSR count). The normalized spacial score (nSPS) is 10.9. The summed E-state index contributed by atoms with van der Waals surface area (Å²) in [5.41, 5.74) is 2.65. The van der Waals surface area contributed by atoms with Gasteiger partial charge in [-0.1, -0.05) is 41.9 Å². The number of imidazole rings is 1. The maximum absolute atomic E-state index is 6.41. The number of benzene rings is 3.